The van der Waals surface area contributed by atoms with Crippen molar-refractivity contribution < 1.29 is 23.6 Å². The van der Waals surface area contributed by atoms with E-state index in [4.69, 9.17) is 4.74 Å². The zero-order valence-corrected chi connectivity index (χ0v) is 16.8. The number of hydrogen-bond acceptors (Lipinski definition) is 2. The fraction of sp³-hybridized carbons (Fsp3) is 0.261. The maximum absolute atomic E-state index is 13.4. The van der Waals surface area contributed by atoms with Gasteiger partial charge in [-0.3, -0.25) is 4.79 Å². The molecule has 0 spiro atoms. The minimum atomic E-state index is -0.875. The fourth-order valence-electron chi connectivity index (χ4n) is 3.23. The van der Waals surface area contributed by atoms with Crippen molar-refractivity contribution in [3.8, 4) is 5.75 Å². The third kappa shape index (κ3) is 5.09. The molecule has 0 aromatic heterocycles. The smallest absolute Gasteiger partial charge is 0.277 e. The molecule has 152 valence electrons. The Morgan fingerprint density at radius 3 is 2.48 bits per heavy atom. The number of fused-ring (bicyclic) bond motifs is 1. The number of halogens is 2. The second kappa shape index (κ2) is 9.01. The molecule has 0 aliphatic heterocycles. The van der Waals surface area contributed by atoms with Gasteiger partial charge in [-0.25, -0.2) is 8.78 Å². The Bertz CT molecular complexity index is 1020. The topological polar surface area (TPSA) is 46.1 Å². The van der Waals surface area contributed by atoms with Crippen molar-refractivity contribution in [1.82, 2.24) is 4.90 Å². The van der Waals surface area contributed by atoms with Gasteiger partial charge in [0.1, 0.15) is 11.8 Å². The summed E-state index contributed by atoms with van der Waals surface area (Å²) in [5.41, 5.74) is 1.68. The van der Waals surface area contributed by atoms with Crippen LogP contribution in [0, 0.1) is 11.6 Å². The minimum absolute atomic E-state index is 0.0331. The number of methoxy groups -OCH3 is 1. The van der Waals surface area contributed by atoms with E-state index in [0.29, 0.717) is 12.1 Å². The molecule has 3 aromatic rings. The Kier molecular flexibility index (Phi) is 6.44. The van der Waals surface area contributed by atoms with Crippen molar-refractivity contribution >= 4 is 16.7 Å². The Morgan fingerprint density at radius 2 is 1.76 bits per heavy atom. The summed E-state index contributed by atoms with van der Waals surface area (Å²) in [6, 6.07) is 15.6. The van der Waals surface area contributed by atoms with Gasteiger partial charge in [0, 0.05) is 19.2 Å². The molecule has 4 nitrogen and oxygen atoms in total. The van der Waals surface area contributed by atoms with Crippen molar-refractivity contribution in [2.45, 2.75) is 19.5 Å². The van der Waals surface area contributed by atoms with Gasteiger partial charge in [-0.05, 0) is 59.7 Å². The highest BCUT2D eigenvalue weighted by molar-refractivity contribution is 5.84. The maximum atomic E-state index is 13.4. The van der Waals surface area contributed by atoms with Gasteiger partial charge in [0.05, 0.1) is 7.11 Å². The van der Waals surface area contributed by atoms with Crippen LogP contribution in [0.2, 0.25) is 0 Å². The maximum Gasteiger partial charge on any atom is 0.277 e. The van der Waals surface area contributed by atoms with Gasteiger partial charge in [-0.1, -0.05) is 18.2 Å². The number of carbonyl (C=O) groups is 1. The molecule has 0 saturated heterocycles. The summed E-state index contributed by atoms with van der Waals surface area (Å²) in [6.07, 6.45) is 0. The highest BCUT2D eigenvalue weighted by Crippen LogP contribution is 2.22. The summed E-state index contributed by atoms with van der Waals surface area (Å²) in [4.78, 5) is 14.2. The lowest BCUT2D eigenvalue weighted by atomic mass is 10.1. The molecule has 6 heteroatoms. The van der Waals surface area contributed by atoms with Gasteiger partial charge in [-0.2, -0.15) is 0 Å². The van der Waals surface area contributed by atoms with Crippen LogP contribution in [-0.2, 0) is 11.3 Å². The van der Waals surface area contributed by atoms with E-state index < -0.39 is 11.6 Å². The van der Waals surface area contributed by atoms with Crippen LogP contribution in [0.15, 0.2) is 54.6 Å². The predicted molar refractivity (Wildman–Crippen MR) is 109 cm³/mol. The first-order valence-electron chi connectivity index (χ1n) is 9.46. The molecule has 29 heavy (non-hydrogen) atoms. The molecule has 0 aliphatic rings. The van der Waals surface area contributed by atoms with E-state index in [9.17, 15) is 13.6 Å². The van der Waals surface area contributed by atoms with Crippen molar-refractivity contribution in [2.24, 2.45) is 0 Å². The molecule has 0 radical (unpaired) electrons. The number of benzene rings is 3. The van der Waals surface area contributed by atoms with Gasteiger partial charge < -0.3 is 15.0 Å². The number of quaternary nitrogens is 1. The number of likely N-dealkylation sites (N-methyl/N-ethyl adjacent to an activating group) is 1. The van der Waals surface area contributed by atoms with Gasteiger partial charge in [0.2, 0.25) is 0 Å². The van der Waals surface area contributed by atoms with E-state index >= 15 is 0 Å². The molecule has 3 aromatic carbocycles. The Hall–Kier alpha value is -2.99. The van der Waals surface area contributed by atoms with Gasteiger partial charge >= 0.3 is 0 Å². The molecule has 0 heterocycles. The molecule has 2 N–H and O–H groups in total. The Morgan fingerprint density at radius 1 is 1.03 bits per heavy atom. The number of hydrogen-bond donors (Lipinski definition) is 1. The largest absolute Gasteiger partial charge is 0.497 e. The van der Waals surface area contributed by atoms with Crippen LogP contribution in [0.5, 0.6) is 5.75 Å². The monoisotopic (exact) mass is 399 g/mol. The molecule has 0 unspecified atom stereocenters. The number of amides is 1. The van der Waals surface area contributed by atoms with Crippen LogP contribution in [0.4, 0.5) is 8.78 Å². The zero-order valence-electron chi connectivity index (χ0n) is 16.8. The summed E-state index contributed by atoms with van der Waals surface area (Å²) in [5.74, 6) is -0.969. The van der Waals surface area contributed by atoms with Crippen molar-refractivity contribution in [3.05, 3.63) is 77.4 Å². The second-order valence-corrected chi connectivity index (χ2v) is 7.20. The molecule has 1 amide bonds. The third-order valence-corrected chi connectivity index (χ3v) is 5.07. The minimum Gasteiger partial charge on any atom is -0.497 e. The van der Waals surface area contributed by atoms with Crippen LogP contribution < -0.4 is 10.1 Å². The molecule has 0 saturated carbocycles. The van der Waals surface area contributed by atoms with E-state index in [0.717, 1.165) is 28.2 Å². The summed E-state index contributed by atoms with van der Waals surface area (Å²) in [6.45, 7) is 2.58. The zero-order chi connectivity index (χ0) is 21.0. The Balaban J connectivity index is 1.58. The molecule has 3 rings (SSSR count). The van der Waals surface area contributed by atoms with Crippen molar-refractivity contribution in [2.75, 3.05) is 20.7 Å². The van der Waals surface area contributed by atoms with E-state index in [1.165, 1.54) is 12.1 Å². The van der Waals surface area contributed by atoms with E-state index in [1.807, 2.05) is 42.6 Å². The lowest BCUT2D eigenvalue weighted by Crippen LogP contribution is -2.87. The molecule has 0 aliphatic carbocycles. The lowest BCUT2D eigenvalue weighted by Gasteiger charge is -2.18. The number of nitrogens with zero attached hydrogens (tertiary/aromatic N) is 1. The third-order valence-electron chi connectivity index (χ3n) is 5.07. The number of carbonyl (C=O) groups excluding carboxylic acids is 1. The van der Waals surface area contributed by atoms with Crippen molar-refractivity contribution in [3.63, 3.8) is 0 Å². The number of ether oxygens (including phenoxy) is 1. The van der Waals surface area contributed by atoms with E-state index in [1.54, 1.807) is 19.1 Å². The first-order valence-corrected chi connectivity index (χ1v) is 9.46. The summed E-state index contributed by atoms with van der Waals surface area (Å²) >= 11 is 0. The van der Waals surface area contributed by atoms with Gasteiger partial charge in [0.25, 0.3) is 5.91 Å². The first kappa shape index (κ1) is 20.7. The van der Waals surface area contributed by atoms with E-state index in [-0.39, 0.29) is 18.5 Å². The summed E-state index contributed by atoms with van der Waals surface area (Å²) in [5, 5.41) is 3.98. The first-order chi connectivity index (χ1) is 13.9. The van der Waals surface area contributed by atoms with Crippen LogP contribution in [-0.4, -0.2) is 31.5 Å². The molecule has 1 atom stereocenters. The molecular weight excluding hydrogens is 374 g/mol. The highest BCUT2D eigenvalue weighted by atomic mass is 19.2. The van der Waals surface area contributed by atoms with Gasteiger partial charge in [0.15, 0.2) is 18.2 Å². The standard InChI is InChI=1S/C23H24F2N2O2/c1-15(17-7-9-21(24)22(25)12-17)26-13-23(28)27(2)14-16-4-5-19-11-20(29-3)8-6-18(19)10-16/h4-12,15,26H,13-14H2,1-3H3/p+1/t15-/m1/s1. The predicted octanol–water partition coefficient (Wildman–Crippen LogP) is 3.41. The fourth-order valence-corrected chi connectivity index (χ4v) is 3.23. The average Bonchev–Trinajstić information content (AvgIpc) is 2.73. The van der Waals surface area contributed by atoms with Gasteiger partial charge in [-0.15, -0.1) is 0 Å². The lowest BCUT2D eigenvalue weighted by molar-refractivity contribution is -0.683. The molecule has 0 bridgehead atoms. The summed E-state index contributed by atoms with van der Waals surface area (Å²) in [7, 11) is 3.40. The SMILES string of the molecule is COc1ccc2cc(CN(C)C(=O)C[NH2+][C@H](C)c3ccc(F)c(F)c3)ccc2c1. The van der Waals surface area contributed by atoms with Crippen LogP contribution in [0.1, 0.15) is 24.1 Å². The quantitative estimate of drug-likeness (QED) is 0.662. The normalized spacial score (nSPS) is 12.0. The molecular formula is C23H25F2N2O2+. The van der Waals surface area contributed by atoms with Crippen LogP contribution >= 0.6 is 0 Å². The average molecular weight is 399 g/mol. The van der Waals surface area contributed by atoms with Crippen LogP contribution in [0.25, 0.3) is 10.8 Å². The van der Waals surface area contributed by atoms with Crippen LogP contribution in [0.3, 0.4) is 0 Å². The molecule has 0 fully saturated rings. The summed E-state index contributed by atoms with van der Waals surface area (Å²) < 4.78 is 31.7. The highest BCUT2D eigenvalue weighted by Gasteiger charge is 2.16. The second-order valence-electron chi connectivity index (χ2n) is 7.20. The number of nitrogens with two attached hydrogens (primary N) is 1. The Labute approximate surface area is 169 Å². The van der Waals surface area contributed by atoms with E-state index in [2.05, 4.69) is 6.07 Å². The number of rotatable bonds is 7. The van der Waals surface area contributed by atoms with Crippen molar-refractivity contribution in [1.29, 1.82) is 0 Å².